The van der Waals surface area contributed by atoms with Crippen LogP contribution in [0, 0.1) is 0 Å². The fourth-order valence-corrected chi connectivity index (χ4v) is 3.11. The van der Waals surface area contributed by atoms with Crippen LogP contribution in [0.1, 0.15) is 24.1 Å². The monoisotopic (exact) mass is 345 g/mol. The molecule has 1 aromatic carbocycles. The van der Waals surface area contributed by atoms with Gasteiger partial charge >= 0.3 is 0 Å². The Morgan fingerprint density at radius 2 is 2.29 bits per heavy atom. The van der Waals surface area contributed by atoms with E-state index in [0.29, 0.717) is 6.54 Å². The Kier molecular flexibility index (Phi) is 4.20. The summed E-state index contributed by atoms with van der Waals surface area (Å²) in [7, 11) is 0. The molecule has 0 radical (unpaired) electrons. The maximum Gasteiger partial charge on any atom is 0.207 e. The number of hydrogen-bond donors (Lipinski definition) is 1. The van der Waals surface area contributed by atoms with Gasteiger partial charge in [0.05, 0.1) is 17.6 Å². The average molecular weight is 346 g/mol. The molecular formula is C16H16BrN3O. The number of rotatable bonds is 4. The summed E-state index contributed by atoms with van der Waals surface area (Å²) in [6.07, 6.45) is 7.98. The Hall–Kier alpha value is -1.88. The van der Waals surface area contributed by atoms with Crippen molar-refractivity contribution < 1.29 is 4.79 Å². The van der Waals surface area contributed by atoms with Gasteiger partial charge in [0.1, 0.15) is 0 Å². The van der Waals surface area contributed by atoms with Crippen LogP contribution >= 0.6 is 15.9 Å². The van der Waals surface area contributed by atoms with Crippen LogP contribution in [0.5, 0.6) is 0 Å². The van der Waals surface area contributed by atoms with Gasteiger partial charge in [0.25, 0.3) is 0 Å². The lowest BCUT2D eigenvalue weighted by atomic mass is 9.92. The standard InChI is InChI=1S/C16H16BrN3O/c17-14-5-2-6-15(9-14)20-16-12(7-8-18-11-21)3-1-4-13(16)10-19-20/h2,5-7,9-11H,1,3-4,8H2,(H,18,21)/b12-7+. The lowest BCUT2D eigenvalue weighted by Crippen LogP contribution is -2.12. The molecule has 0 aliphatic heterocycles. The molecule has 4 nitrogen and oxygen atoms in total. The zero-order valence-corrected chi connectivity index (χ0v) is 13.1. The minimum atomic E-state index is 0.557. The number of carbonyl (C=O) groups excluding carboxylic acids is 1. The fraction of sp³-hybridized carbons (Fsp3) is 0.250. The number of allylic oxidation sites excluding steroid dienone is 1. The molecular weight excluding hydrogens is 330 g/mol. The molecule has 0 unspecified atom stereocenters. The van der Waals surface area contributed by atoms with Gasteiger partial charge in [0, 0.05) is 11.0 Å². The van der Waals surface area contributed by atoms with E-state index < -0.39 is 0 Å². The third-order valence-corrected chi connectivity index (χ3v) is 4.14. The van der Waals surface area contributed by atoms with Crippen molar-refractivity contribution in [3.8, 4) is 5.69 Å². The normalized spacial score (nSPS) is 15.8. The number of benzene rings is 1. The highest BCUT2D eigenvalue weighted by Gasteiger charge is 2.20. The van der Waals surface area contributed by atoms with E-state index in [-0.39, 0.29) is 0 Å². The van der Waals surface area contributed by atoms with Crippen molar-refractivity contribution in [2.24, 2.45) is 0 Å². The van der Waals surface area contributed by atoms with Crippen LogP contribution in [-0.4, -0.2) is 22.7 Å². The molecule has 0 spiro atoms. The summed E-state index contributed by atoms with van der Waals surface area (Å²) in [4.78, 5) is 10.4. The first-order valence-electron chi connectivity index (χ1n) is 6.99. The number of hydrogen-bond acceptors (Lipinski definition) is 2. The van der Waals surface area contributed by atoms with Gasteiger partial charge in [0.2, 0.25) is 6.41 Å². The van der Waals surface area contributed by atoms with E-state index in [2.05, 4.69) is 38.5 Å². The molecule has 0 atom stereocenters. The van der Waals surface area contributed by atoms with Crippen molar-refractivity contribution in [3.63, 3.8) is 0 Å². The molecule has 3 rings (SSSR count). The molecule has 0 bridgehead atoms. The number of nitrogens with zero attached hydrogens (tertiary/aromatic N) is 2. The highest BCUT2D eigenvalue weighted by Crippen LogP contribution is 2.32. The second kappa shape index (κ2) is 6.26. The molecule has 0 saturated heterocycles. The summed E-state index contributed by atoms with van der Waals surface area (Å²) in [6, 6.07) is 8.12. The van der Waals surface area contributed by atoms with Crippen LogP contribution in [0.2, 0.25) is 0 Å². The highest BCUT2D eigenvalue weighted by molar-refractivity contribution is 9.10. The Morgan fingerprint density at radius 1 is 1.38 bits per heavy atom. The summed E-state index contributed by atoms with van der Waals surface area (Å²) in [6.45, 7) is 0.557. The van der Waals surface area contributed by atoms with E-state index in [9.17, 15) is 4.79 Å². The van der Waals surface area contributed by atoms with Crippen molar-refractivity contribution in [3.05, 3.63) is 52.3 Å². The predicted octanol–water partition coefficient (Wildman–Crippen LogP) is 3.10. The fourth-order valence-electron chi connectivity index (χ4n) is 2.73. The van der Waals surface area contributed by atoms with Crippen molar-refractivity contribution in [1.29, 1.82) is 0 Å². The minimum absolute atomic E-state index is 0.557. The summed E-state index contributed by atoms with van der Waals surface area (Å²) in [5.41, 5.74) is 4.75. The first-order valence-corrected chi connectivity index (χ1v) is 7.78. The number of halogens is 1. The van der Waals surface area contributed by atoms with Crippen molar-refractivity contribution in [1.82, 2.24) is 15.1 Å². The van der Waals surface area contributed by atoms with E-state index in [1.807, 2.05) is 29.1 Å². The lowest BCUT2D eigenvalue weighted by Gasteiger charge is -2.18. The summed E-state index contributed by atoms with van der Waals surface area (Å²) in [5, 5.41) is 7.25. The predicted molar refractivity (Wildman–Crippen MR) is 86.2 cm³/mol. The SMILES string of the molecule is O=CNC/C=C1\CCCc2cnn(-c3cccc(Br)c3)c21. The number of nitrogens with one attached hydrogen (secondary N) is 1. The van der Waals surface area contributed by atoms with Crippen molar-refractivity contribution >= 4 is 27.9 Å². The zero-order chi connectivity index (χ0) is 14.7. The zero-order valence-electron chi connectivity index (χ0n) is 11.6. The van der Waals surface area contributed by atoms with E-state index in [4.69, 9.17) is 0 Å². The second-order valence-electron chi connectivity index (χ2n) is 5.02. The smallest absolute Gasteiger partial charge is 0.207 e. The van der Waals surface area contributed by atoms with Gasteiger partial charge in [-0.1, -0.05) is 28.1 Å². The molecule has 1 aromatic heterocycles. The molecule has 1 heterocycles. The number of carbonyl (C=O) groups is 1. The Balaban J connectivity index is 2.03. The number of fused-ring (bicyclic) bond motifs is 1. The Bertz CT molecular complexity index is 691. The number of aryl methyl sites for hydroxylation is 1. The molecule has 1 amide bonds. The van der Waals surface area contributed by atoms with Gasteiger partial charge in [-0.05, 0) is 48.6 Å². The molecule has 21 heavy (non-hydrogen) atoms. The third-order valence-electron chi connectivity index (χ3n) is 3.64. The van der Waals surface area contributed by atoms with Crippen LogP contribution < -0.4 is 5.32 Å². The van der Waals surface area contributed by atoms with Crippen LogP contribution in [0.4, 0.5) is 0 Å². The topological polar surface area (TPSA) is 46.9 Å². The molecule has 108 valence electrons. The summed E-state index contributed by atoms with van der Waals surface area (Å²) in [5.74, 6) is 0. The first kappa shape index (κ1) is 14.1. The molecule has 5 heteroatoms. The number of aromatic nitrogens is 2. The molecule has 0 fully saturated rings. The van der Waals surface area contributed by atoms with Gasteiger partial charge in [-0.3, -0.25) is 4.79 Å². The van der Waals surface area contributed by atoms with Crippen LogP contribution in [0.25, 0.3) is 11.3 Å². The molecule has 1 N–H and O–H groups in total. The average Bonchev–Trinajstić information content (AvgIpc) is 2.92. The third kappa shape index (κ3) is 2.93. The summed E-state index contributed by atoms with van der Waals surface area (Å²) >= 11 is 3.51. The highest BCUT2D eigenvalue weighted by atomic mass is 79.9. The molecule has 0 saturated carbocycles. The molecule has 1 aliphatic rings. The maximum atomic E-state index is 10.4. The molecule has 2 aromatic rings. The van der Waals surface area contributed by atoms with Crippen LogP contribution in [-0.2, 0) is 11.2 Å². The van der Waals surface area contributed by atoms with E-state index in [1.54, 1.807) is 0 Å². The largest absolute Gasteiger partial charge is 0.355 e. The van der Waals surface area contributed by atoms with Crippen LogP contribution in [0.3, 0.4) is 0 Å². The van der Waals surface area contributed by atoms with Gasteiger partial charge in [-0.15, -0.1) is 0 Å². The van der Waals surface area contributed by atoms with Gasteiger partial charge < -0.3 is 5.32 Å². The second-order valence-corrected chi connectivity index (χ2v) is 5.93. The minimum Gasteiger partial charge on any atom is -0.355 e. The van der Waals surface area contributed by atoms with E-state index >= 15 is 0 Å². The quantitative estimate of drug-likeness (QED) is 0.683. The first-order chi connectivity index (χ1) is 10.3. The van der Waals surface area contributed by atoms with Crippen molar-refractivity contribution in [2.75, 3.05) is 6.54 Å². The summed E-state index contributed by atoms with van der Waals surface area (Å²) < 4.78 is 3.03. The van der Waals surface area contributed by atoms with Gasteiger partial charge in [0.15, 0.2) is 0 Å². The Morgan fingerprint density at radius 3 is 3.10 bits per heavy atom. The number of amides is 1. The Labute approximate surface area is 132 Å². The van der Waals surface area contributed by atoms with E-state index in [0.717, 1.165) is 35.8 Å². The van der Waals surface area contributed by atoms with Crippen LogP contribution in [0.15, 0.2) is 41.0 Å². The van der Waals surface area contributed by atoms with E-state index in [1.165, 1.54) is 16.8 Å². The van der Waals surface area contributed by atoms with Gasteiger partial charge in [-0.25, -0.2) is 4.68 Å². The van der Waals surface area contributed by atoms with Crippen molar-refractivity contribution in [2.45, 2.75) is 19.3 Å². The van der Waals surface area contributed by atoms with Gasteiger partial charge in [-0.2, -0.15) is 5.10 Å². The molecule has 1 aliphatic carbocycles. The maximum absolute atomic E-state index is 10.4. The lowest BCUT2D eigenvalue weighted by molar-refractivity contribution is -0.109.